The number of hydrogen-bond donors (Lipinski definition) is 0. The number of thioether (sulfide) groups is 16. The van der Waals surface area contributed by atoms with Gasteiger partial charge in [-0.05, 0) is 0 Å². The number of hydrogen-bond acceptors (Lipinski definition) is 16. The van der Waals surface area contributed by atoms with Gasteiger partial charge in [-0.25, -0.2) is 0 Å². The average Bonchev–Trinajstić information content (AvgIpc) is 3.89. The molecule has 0 amide bonds. The molecule has 20 heteroatoms. The van der Waals surface area contributed by atoms with Crippen molar-refractivity contribution < 1.29 is 0 Å². The monoisotopic (exact) mass is 1140 g/mol. The molecule has 0 radical (unpaired) electrons. The van der Waals surface area contributed by atoms with Gasteiger partial charge in [-0.3, -0.25) is 0 Å². The van der Waals surface area contributed by atoms with Crippen LogP contribution in [0.1, 0.15) is 0 Å². The summed E-state index contributed by atoms with van der Waals surface area (Å²) in [5, 5.41) is 7.10. The zero-order valence-corrected chi connectivity index (χ0v) is 41.6. The van der Waals surface area contributed by atoms with E-state index in [1.165, 1.54) is 48.4 Å². The predicted molar refractivity (Wildman–Crippen MR) is 241 cm³/mol. The van der Waals surface area contributed by atoms with Gasteiger partial charge in [0.25, 0.3) is 0 Å². The second-order valence-electron chi connectivity index (χ2n) is 8.09. The summed E-state index contributed by atoms with van der Waals surface area (Å²) in [6.07, 6.45) is 0. The van der Waals surface area contributed by atoms with Gasteiger partial charge < -0.3 is 0 Å². The van der Waals surface area contributed by atoms with Crippen molar-refractivity contribution in [3.8, 4) is 0 Å². The quantitative estimate of drug-likeness (QED) is 0.167. The Kier molecular flexibility index (Phi) is 14.9. The fourth-order valence-electron chi connectivity index (χ4n) is 3.51. The van der Waals surface area contributed by atoms with E-state index in [4.69, 9.17) is 0 Å². The van der Waals surface area contributed by atoms with Gasteiger partial charge in [-0.1, -0.05) is 0 Å². The molecule has 0 unspecified atom stereocenters. The molecule has 0 atom stereocenters. The molecule has 0 N–H and O–H groups in total. The predicted octanol–water partition coefficient (Wildman–Crippen LogP) is 12.4. The molecule has 8 heterocycles. The molecule has 0 nitrogen and oxygen atoms in total. The second kappa shape index (κ2) is 18.1. The molecule has 0 aromatic heterocycles. The Morgan fingerprint density at radius 2 is 0.909 bits per heavy atom. The third-order valence-corrected chi connectivity index (χ3v) is 44.7. The van der Waals surface area contributed by atoms with E-state index in [9.17, 15) is 0 Å². The molecular weight excluding hydrogens is 1120 g/mol. The van der Waals surface area contributed by atoms with Crippen LogP contribution in [0.3, 0.4) is 0 Å². The van der Waals surface area contributed by atoms with Crippen LogP contribution in [0.4, 0.5) is 0 Å². The van der Waals surface area contributed by atoms with E-state index in [-0.39, 0.29) is 0 Å². The maximum atomic E-state index is 2.47. The van der Waals surface area contributed by atoms with Gasteiger partial charge >= 0.3 is 359 Å². The molecule has 0 aromatic rings. The normalized spacial score (nSPS) is 25.5. The van der Waals surface area contributed by atoms with E-state index >= 15 is 0 Å². The van der Waals surface area contributed by atoms with Gasteiger partial charge in [-0.2, -0.15) is 0 Å². The summed E-state index contributed by atoms with van der Waals surface area (Å²) in [7, 11) is 0. The van der Waals surface area contributed by atoms with E-state index in [1.54, 1.807) is 24.6 Å². The Hall–Kier alpha value is 5.34. The standard InChI is InChI=1S/C24H16S16Se4/c1-2-26-14-13(25-1)37-19(38-14)17-29-7-11(35-17)31-9-33-21-22(44-24(43-21)23-41-5-6-42-23)34-10-32-12-8-30-18(36-12)20-39-15-16(40-20)28-4-3-27-15/h5-8H,1-4,9-10H2. The third-order valence-electron chi connectivity index (χ3n) is 5.31. The molecule has 0 aromatic carbocycles. The van der Waals surface area contributed by atoms with E-state index in [0.717, 1.165) is 10.2 Å². The summed E-state index contributed by atoms with van der Waals surface area (Å²) < 4.78 is 22.5. The molecule has 44 heavy (non-hydrogen) atoms. The fraction of sp³-hybridized carbons (Fsp3) is 0.250. The van der Waals surface area contributed by atoms with E-state index < -0.39 is 0 Å². The van der Waals surface area contributed by atoms with Gasteiger partial charge in [0.15, 0.2) is 0 Å². The van der Waals surface area contributed by atoms with Gasteiger partial charge in [0, 0.05) is 0 Å². The molecule has 232 valence electrons. The van der Waals surface area contributed by atoms with E-state index in [1.807, 2.05) is 101 Å². The first-order chi connectivity index (χ1) is 21.7. The van der Waals surface area contributed by atoms with Crippen LogP contribution in [0, 0.1) is 0 Å². The first-order valence-corrected chi connectivity index (χ1v) is 34.0. The third kappa shape index (κ3) is 9.34. The van der Waals surface area contributed by atoms with Crippen molar-refractivity contribution >= 4 is 248 Å². The summed E-state index contributed by atoms with van der Waals surface area (Å²) in [6.45, 7) is 0. The Bertz CT molecular complexity index is 1390. The van der Waals surface area contributed by atoms with Gasteiger partial charge in [0.05, 0.1) is 0 Å². The minimum atomic E-state index is 0.563. The van der Waals surface area contributed by atoms with Crippen LogP contribution in [0.5, 0.6) is 0 Å². The molecule has 0 saturated carbocycles. The van der Waals surface area contributed by atoms with Crippen molar-refractivity contribution in [3.05, 3.63) is 77.5 Å². The molecule has 8 rings (SSSR count). The van der Waals surface area contributed by atoms with Crippen LogP contribution < -0.4 is 0 Å². The van der Waals surface area contributed by atoms with Crippen molar-refractivity contribution in [2.24, 2.45) is 0 Å². The summed E-state index contributed by atoms with van der Waals surface area (Å²) in [5.41, 5.74) is 0. The Balaban J connectivity index is 0.838. The Morgan fingerprint density at radius 3 is 1.34 bits per heavy atom. The van der Waals surface area contributed by atoms with E-state index in [2.05, 4.69) is 115 Å². The topological polar surface area (TPSA) is 0 Å². The first-order valence-electron chi connectivity index (χ1n) is 12.4. The average molecular weight is 1130 g/mol. The van der Waals surface area contributed by atoms with Gasteiger partial charge in [-0.15, -0.1) is 0 Å². The molecule has 8 aliphatic heterocycles. The van der Waals surface area contributed by atoms with Crippen LogP contribution in [0.15, 0.2) is 77.5 Å². The Morgan fingerprint density at radius 1 is 0.477 bits per heavy atom. The van der Waals surface area contributed by atoms with Crippen molar-refractivity contribution in [2.75, 3.05) is 33.2 Å². The zero-order chi connectivity index (χ0) is 29.3. The molecule has 0 fully saturated rings. The van der Waals surface area contributed by atoms with E-state index in [0.29, 0.717) is 59.8 Å². The molecule has 0 aliphatic carbocycles. The summed E-state index contributed by atoms with van der Waals surface area (Å²) in [6, 6.07) is 0. The van der Waals surface area contributed by atoms with Crippen molar-refractivity contribution in [1.29, 1.82) is 0 Å². The minimum absolute atomic E-state index is 0.563. The maximum absolute atomic E-state index is 2.47. The number of rotatable bonds is 8. The first kappa shape index (κ1) is 36.3. The van der Waals surface area contributed by atoms with Gasteiger partial charge in [0.1, 0.15) is 0 Å². The van der Waals surface area contributed by atoms with Crippen LogP contribution >= 0.6 is 188 Å². The molecule has 0 spiro atoms. The van der Waals surface area contributed by atoms with Crippen molar-refractivity contribution in [2.45, 2.75) is 0 Å². The summed E-state index contributed by atoms with van der Waals surface area (Å²) in [4.78, 5) is 4.95. The second-order valence-corrected chi connectivity index (χ2v) is 39.7. The summed E-state index contributed by atoms with van der Waals surface area (Å²) >= 11 is 35.1. The van der Waals surface area contributed by atoms with Crippen LogP contribution in [0.2, 0.25) is 0 Å². The van der Waals surface area contributed by atoms with Crippen molar-refractivity contribution in [1.82, 2.24) is 0 Å². The van der Waals surface area contributed by atoms with Crippen LogP contribution in [-0.2, 0) is 0 Å². The van der Waals surface area contributed by atoms with Gasteiger partial charge in [0.2, 0.25) is 0 Å². The summed E-state index contributed by atoms with van der Waals surface area (Å²) in [5.74, 6) is 5.04. The molecular formula is C24H16S16Se4. The molecule has 0 bridgehead atoms. The van der Waals surface area contributed by atoms with Crippen LogP contribution in [0.25, 0.3) is 0 Å². The fourth-order valence-corrected chi connectivity index (χ4v) is 44.5. The van der Waals surface area contributed by atoms with Crippen LogP contribution in [-0.4, -0.2) is 93.0 Å². The van der Waals surface area contributed by atoms with Crippen molar-refractivity contribution in [3.63, 3.8) is 0 Å². The molecule has 0 saturated heterocycles. The zero-order valence-electron chi connectivity index (χ0n) is 21.7. The molecule has 8 aliphatic rings. The Labute approximate surface area is 352 Å². The SMILES string of the molecule is C1=C[Se]C(=C2[Se]C(SCSC3=CSC(=C4SC5=C(SCCS5)S4)S3)=C(SCSC3=CSC(=C4SC5=C(SCCS5)S4)S3)[Se]2)[Se]1.